The van der Waals surface area contributed by atoms with Crippen LogP contribution in [-0.2, 0) is 9.53 Å². The van der Waals surface area contributed by atoms with E-state index in [0.717, 1.165) is 0 Å². The van der Waals surface area contributed by atoms with Crippen LogP contribution in [0, 0.1) is 0 Å². The van der Waals surface area contributed by atoms with E-state index in [2.05, 4.69) is 33.2 Å². The van der Waals surface area contributed by atoms with Crippen molar-refractivity contribution in [2.75, 3.05) is 20.6 Å². The largest absolute Gasteiger partial charge is 0.456 e. The van der Waals surface area contributed by atoms with Crippen molar-refractivity contribution in [1.29, 1.82) is 0 Å². The number of carbonyl (C=O) groups is 1. The number of esters is 1. The van der Waals surface area contributed by atoms with Gasteiger partial charge in [0.2, 0.25) is 0 Å². The van der Waals surface area contributed by atoms with Crippen LogP contribution in [0.15, 0.2) is 30.3 Å². The molecule has 0 aliphatic heterocycles. The summed E-state index contributed by atoms with van der Waals surface area (Å²) in [6, 6.07) is 10.5. The second kappa shape index (κ2) is 5.74. The van der Waals surface area contributed by atoms with Gasteiger partial charge in [-0.1, -0.05) is 30.3 Å². The van der Waals surface area contributed by atoms with Gasteiger partial charge in [-0.3, -0.25) is 0 Å². The van der Waals surface area contributed by atoms with E-state index in [-0.39, 0.29) is 12.0 Å². The van der Waals surface area contributed by atoms with Crippen LogP contribution >= 0.6 is 0 Å². The number of likely N-dealkylation sites (N-methyl/N-ethyl adjacent to an activating group) is 1. The average Bonchev–Trinajstić information content (AvgIpc) is 2.25. The second-order valence-electron chi connectivity index (χ2n) is 6.61. The molecule has 0 saturated heterocycles. The molecule has 0 saturated carbocycles. The molecular weight excluding hydrogens is 238 g/mol. The summed E-state index contributed by atoms with van der Waals surface area (Å²) in [7, 11) is 4.11. The molecule has 0 N–H and O–H groups in total. The average molecular weight is 264 g/mol. The molecule has 0 amide bonds. The maximum atomic E-state index is 12.0. The number of ether oxygens (including phenoxy) is 1. The minimum Gasteiger partial charge on any atom is -0.456 e. The topological polar surface area (TPSA) is 26.3 Å². The molecule has 0 spiro atoms. The molecule has 0 bridgehead atoms. The van der Waals surface area contributed by atoms with Crippen LogP contribution in [0.1, 0.15) is 39.3 Å². The molecule has 0 aliphatic carbocycles. The summed E-state index contributed by atoms with van der Waals surface area (Å²) < 4.78 is 5.99. The third-order valence-corrected chi connectivity index (χ3v) is 3.29. The minimum absolute atomic E-state index is 0.153. The standard InChI is InChI=1S/C16H26NO2/c1-13(14-10-8-7-9-11-14)17(5,6)12-15(18)19-16(2,3)4/h7-11,13H,12H2,1-6H3/q+1. The van der Waals surface area contributed by atoms with E-state index in [0.29, 0.717) is 11.0 Å². The zero-order valence-corrected chi connectivity index (χ0v) is 12.9. The lowest BCUT2D eigenvalue weighted by atomic mass is 10.1. The van der Waals surface area contributed by atoms with E-state index in [9.17, 15) is 4.79 Å². The Labute approximate surface area is 116 Å². The number of nitrogens with zero attached hydrogens (tertiary/aromatic N) is 1. The minimum atomic E-state index is -0.424. The van der Waals surface area contributed by atoms with Crippen molar-refractivity contribution in [3.05, 3.63) is 35.9 Å². The Morgan fingerprint density at radius 1 is 1.21 bits per heavy atom. The lowest BCUT2D eigenvalue weighted by Crippen LogP contribution is -2.47. The van der Waals surface area contributed by atoms with E-state index >= 15 is 0 Å². The third kappa shape index (κ3) is 5.03. The number of quaternary nitrogens is 1. The summed E-state index contributed by atoms with van der Waals surface area (Å²) in [5.41, 5.74) is 0.809. The van der Waals surface area contributed by atoms with Crippen molar-refractivity contribution < 1.29 is 14.0 Å². The molecule has 1 rings (SSSR count). The number of hydrogen-bond acceptors (Lipinski definition) is 2. The van der Waals surface area contributed by atoms with E-state index in [1.807, 2.05) is 39.0 Å². The van der Waals surface area contributed by atoms with Crippen molar-refractivity contribution in [3.8, 4) is 0 Å². The van der Waals surface area contributed by atoms with Crippen LogP contribution in [0.25, 0.3) is 0 Å². The Hall–Kier alpha value is -1.35. The molecule has 106 valence electrons. The summed E-state index contributed by atoms with van der Waals surface area (Å²) in [4.78, 5) is 12.0. The summed E-state index contributed by atoms with van der Waals surface area (Å²) in [5, 5.41) is 0. The number of rotatable bonds is 4. The molecule has 1 unspecified atom stereocenters. The van der Waals surface area contributed by atoms with Gasteiger partial charge in [0, 0.05) is 5.56 Å². The first-order chi connectivity index (χ1) is 8.62. The predicted molar refractivity (Wildman–Crippen MR) is 77.7 cm³/mol. The monoisotopic (exact) mass is 264 g/mol. The molecule has 0 radical (unpaired) electrons. The Balaban J connectivity index is 2.73. The summed E-state index contributed by atoms with van der Waals surface area (Å²) in [6.45, 7) is 8.19. The fourth-order valence-corrected chi connectivity index (χ4v) is 1.98. The smallest absolute Gasteiger partial charge is 0.362 e. The molecule has 1 aromatic rings. The van der Waals surface area contributed by atoms with Gasteiger partial charge in [0.1, 0.15) is 11.6 Å². The SMILES string of the molecule is CC(c1ccccc1)[N+](C)(C)CC(=O)OC(C)(C)C. The Bertz CT molecular complexity index is 418. The zero-order valence-electron chi connectivity index (χ0n) is 12.9. The van der Waals surface area contributed by atoms with Gasteiger partial charge >= 0.3 is 5.97 Å². The highest BCUT2D eigenvalue weighted by Crippen LogP contribution is 2.24. The van der Waals surface area contributed by atoms with Gasteiger partial charge in [0.25, 0.3) is 0 Å². The molecule has 3 heteroatoms. The van der Waals surface area contributed by atoms with Gasteiger partial charge in [0.15, 0.2) is 6.54 Å². The maximum absolute atomic E-state index is 12.0. The fourth-order valence-electron chi connectivity index (χ4n) is 1.98. The van der Waals surface area contributed by atoms with Crippen molar-refractivity contribution >= 4 is 5.97 Å². The van der Waals surface area contributed by atoms with Crippen LogP contribution in [0.2, 0.25) is 0 Å². The Morgan fingerprint density at radius 3 is 2.21 bits per heavy atom. The third-order valence-electron chi connectivity index (χ3n) is 3.29. The first-order valence-electron chi connectivity index (χ1n) is 6.71. The lowest BCUT2D eigenvalue weighted by Gasteiger charge is -2.36. The van der Waals surface area contributed by atoms with Crippen molar-refractivity contribution in [1.82, 2.24) is 0 Å². The Kier molecular flexibility index (Phi) is 4.75. The molecule has 19 heavy (non-hydrogen) atoms. The molecule has 1 atom stereocenters. The molecule has 3 nitrogen and oxygen atoms in total. The molecular formula is C16H26NO2+. The molecule has 0 aromatic heterocycles. The summed E-state index contributed by atoms with van der Waals surface area (Å²) in [6.07, 6.45) is 0. The van der Waals surface area contributed by atoms with Crippen LogP contribution in [0.3, 0.4) is 0 Å². The summed E-state index contributed by atoms with van der Waals surface area (Å²) >= 11 is 0. The number of carbonyl (C=O) groups excluding carboxylic acids is 1. The second-order valence-corrected chi connectivity index (χ2v) is 6.61. The predicted octanol–water partition coefficient (Wildman–Crippen LogP) is 3.17. The van der Waals surface area contributed by atoms with E-state index in [1.165, 1.54) is 5.56 Å². The van der Waals surface area contributed by atoms with Crippen LogP contribution < -0.4 is 0 Å². The van der Waals surface area contributed by atoms with Crippen LogP contribution in [0.5, 0.6) is 0 Å². The highest BCUT2D eigenvalue weighted by molar-refractivity contribution is 5.71. The van der Waals surface area contributed by atoms with E-state index in [4.69, 9.17) is 4.74 Å². The van der Waals surface area contributed by atoms with Gasteiger partial charge in [-0.2, -0.15) is 0 Å². The molecule has 0 heterocycles. The van der Waals surface area contributed by atoms with Crippen molar-refractivity contribution in [2.24, 2.45) is 0 Å². The first-order valence-corrected chi connectivity index (χ1v) is 6.71. The highest BCUT2D eigenvalue weighted by Gasteiger charge is 2.30. The van der Waals surface area contributed by atoms with Crippen molar-refractivity contribution in [2.45, 2.75) is 39.3 Å². The fraction of sp³-hybridized carbons (Fsp3) is 0.562. The highest BCUT2D eigenvalue weighted by atomic mass is 16.6. The zero-order chi connectivity index (χ0) is 14.7. The van der Waals surface area contributed by atoms with Crippen LogP contribution in [0.4, 0.5) is 0 Å². The van der Waals surface area contributed by atoms with Gasteiger partial charge in [-0.05, 0) is 27.7 Å². The van der Waals surface area contributed by atoms with Gasteiger partial charge < -0.3 is 9.22 Å². The lowest BCUT2D eigenvalue weighted by molar-refractivity contribution is -0.912. The van der Waals surface area contributed by atoms with Gasteiger partial charge in [-0.25, -0.2) is 4.79 Å². The Morgan fingerprint density at radius 2 is 1.74 bits per heavy atom. The first kappa shape index (κ1) is 15.7. The van der Waals surface area contributed by atoms with Crippen molar-refractivity contribution in [3.63, 3.8) is 0 Å². The molecule has 1 aromatic carbocycles. The maximum Gasteiger partial charge on any atom is 0.362 e. The van der Waals surface area contributed by atoms with Gasteiger partial charge in [-0.15, -0.1) is 0 Å². The van der Waals surface area contributed by atoms with Gasteiger partial charge in [0.05, 0.1) is 14.1 Å². The normalized spacial score (nSPS) is 14.0. The summed E-state index contributed by atoms with van der Waals surface area (Å²) in [5.74, 6) is -0.153. The van der Waals surface area contributed by atoms with E-state index < -0.39 is 5.60 Å². The van der Waals surface area contributed by atoms with E-state index in [1.54, 1.807) is 0 Å². The number of benzene rings is 1. The molecule has 0 fully saturated rings. The number of hydrogen-bond donors (Lipinski definition) is 0. The van der Waals surface area contributed by atoms with Crippen LogP contribution in [-0.4, -0.2) is 36.7 Å². The quantitative estimate of drug-likeness (QED) is 0.617. The molecule has 0 aliphatic rings.